The average Bonchev–Trinajstić information content (AvgIpc) is 2.50. The first-order chi connectivity index (χ1) is 9.81. The van der Waals surface area contributed by atoms with Crippen LogP contribution in [0, 0.1) is 0 Å². The zero-order valence-electron chi connectivity index (χ0n) is 11.8. The van der Waals surface area contributed by atoms with Crippen molar-refractivity contribution in [1.82, 2.24) is 4.90 Å². The summed E-state index contributed by atoms with van der Waals surface area (Å²) in [5, 5.41) is 3.38. The van der Waals surface area contributed by atoms with Gasteiger partial charge in [-0.05, 0) is 11.8 Å². The maximum atomic E-state index is 5.71. The van der Waals surface area contributed by atoms with Crippen LogP contribution in [0.2, 0.25) is 0 Å². The molecule has 110 valence electrons. The van der Waals surface area contributed by atoms with E-state index in [9.17, 15) is 0 Å². The van der Waals surface area contributed by atoms with E-state index in [0.29, 0.717) is 32.9 Å². The van der Waals surface area contributed by atoms with E-state index in [-0.39, 0.29) is 6.04 Å². The van der Waals surface area contributed by atoms with Gasteiger partial charge in [0.15, 0.2) is 0 Å². The van der Waals surface area contributed by atoms with Gasteiger partial charge in [-0.3, -0.25) is 0 Å². The second-order valence-corrected chi connectivity index (χ2v) is 4.27. The van der Waals surface area contributed by atoms with Crippen molar-refractivity contribution < 1.29 is 9.57 Å². The van der Waals surface area contributed by atoms with Crippen LogP contribution in [0.4, 0.5) is 0 Å². The Bertz CT molecular complexity index is 384. The molecule has 0 aliphatic heterocycles. The van der Waals surface area contributed by atoms with Gasteiger partial charge < -0.3 is 20.2 Å². The molecule has 0 amide bonds. The Labute approximate surface area is 120 Å². The van der Waals surface area contributed by atoms with Crippen molar-refractivity contribution in [1.29, 1.82) is 0 Å². The maximum absolute atomic E-state index is 5.71. The Morgan fingerprint density at radius 1 is 1.35 bits per heavy atom. The number of hydrogen-bond donors (Lipinski definition) is 1. The van der Waals surface area contributed by atoms with E-state index < -0.39 is 0 Å². The van der Waals surface area contributed by atoms with Crippen molar-refractivity contribution in [3.05, 3.63) is 48.7 Å². The molecule has 0 heterocycles. The van der Waals surface area contributed by atoms with Gasteiger partial charge in [-0.1, -0.05) is 36.9 Å². The molecule has 0 aliphatic rings. The summed E-state index contributed by atoms with van der Waals surface area (Å²) in [5.41, 5.74) is 6.87. The van der Waals surface area contributed by atoms with Gasteiger partial charge in [-0.15, -0.1) is 5.16 Å². The number of nitrogens with zero attached hydrogens (tertiary/aromatic N) is 2. The minimum atomic E-state index is 0.0262. The first-order valence-electron chi connectivity index (χ1n) is 6.59. The van der Waals surface area contributed by atoms with E-state index in [0.717, 1.165) is 5.56 Å². The molecule has 0 unspecified atom stereocenters. The lowest BCUT2D eigenvalue weighted by Gasteiger charge is -2.28. The van der Waals surface area contributed by atoms with Gasteiger partial charge in [0.2, 0.25) is 0 Å². The lowest BCUT2D eigenvalue weighted by Crippen LogP contribution is -2.41. The van der Waals surface area contributed by atoms with Gasteiger partial charge in [0.25, 0.3) is 0 Å². The fraction of sp³-hybridized carbons (Fsp3) is 0.400. The molecule has 0 saturated heterocycles. The second-order valence-electron chi connectivity index (χ2n) is 4.27. The van der Waals surface area contributed by atoms with Crippen LogP contribution in [0.15, 0.2) is 48.3 Å². The summed E-state index contributed by atoms with van der Waals surface area (Å²) < 4.78 is 5.64. The molecule has 5 nitrogen and oxygen atoms in total. The van der Waals surface area contributed by atoms with Crippen LogP contribution >= 0.6 is 0 Å². The third-order valence-electron chi connectivity index (χ3n) is 2.94. The van der Waals surface area contributed by atoms with Crippen LogP contribution < -0.4 is 5.73 Å². The first kappa shape index (κ1) is 16.2. The molecule has 1 aromatic rings. The molecule has 0 saturated carbocycles. The summed E-state index contributed by atoms with van der Waals surface area (Å²) in [4.78, 5) is 6.94. The molecule has 0 aliphatic carbocycles. The molecule has 1 rings (SSSR count). The third kappa shape index (κ3) is 5.86. The van der Waals surface area contributed by atoms with Gasteiger partial charge in [0, 0.05) is 19.8 Å². The predicted molar refractivity (Wildman–Crippen MR) is 81.3 cm³/mol. The Morgan fingerprint density at radius 2 is 2.10 bits per heavy atom. The van der Waals surface area contributed by atoms with Gasteiger partial charge in [-0.2, -0.15) is 0 Å². The third-order valence-corrected chi connectivity index (χ3v) is 2.94. The van der Waals surface area contributed by atoms with Gasteiger partial charge in [0.1, 0.15) is 6.61 Å². The van der Waals surface area contributed by atoms with Crippen molar-refractivity contribution in [2.24, 2.45) is 10.9 Å². The summed E-state index contributed by atoms with van der Waals surface area (Å²) >= 11 is 0. The molecule has 0 aromatic heterocycles. The molecule has 5 heteroatoms. The largest absolute Gasteiger partial charge is 0.394 e. The van der Waals surface area contributed by atoms with Gasteiger partial charge in [0.05, 0.1) is 19.3 Å². The summed E-state index contributed by atoms with van der Waals surface area (Å²) in [6.45, 7) is 9.82. The van der Waals surface area contributed by atoms with Gasteiger partial charge >= 0.3 is 0 Å². The van der Waals surface area contributed by atoms with Crippen molar-refractivity contribution >= 4 is 6.72 Å². The summed E-state index contributed by atoms with van der Waals surface area (Å²) in [5.74, 6) is 0. The fourth-order valence-electron chi connectivity index (χ4n) is 1.80. The average molecular weight is 277 g/mol. The predicted octanol–water partition coefficient (Wildman–Crippen LogP) is 1.61. The van der Waals surface area contributed by atoms with E-state index in [1.165, 1.54) is 0 Å². The topological polar surface area (TPSA) is 60.1 Å². The smallest absolute Gasteiger partial charge is 0.138 e. The number of hydrogen-bond acceptors (Lipinski definition) is 5. The van der Waals surface area contributed by atoms with E-state index in [2.05, 4.69) is 18.5 Å². The van der Waals surface area contributed by atoms with E-state index >= 15 is 0 Å². The first-order valence-corrected chi connectivity index (χ1v) is 6.59. The van der Waals surface area contributed by atoms with Gasteiger partial charge in [-0.25, -0.2) is 0 Å². The summed E-state index contributed by atoms with van der Waals surface area (Å²) in [6, 6.07) is 10.1. The lowest BCUT2D eigenvalue weighted by atomic mass is 10.2. The van der Waals surface area contributed by atoms with E-state index in [1.54, 1.807) is 6.20 Å². The zero-order chi connectivity index (χ0) is 14.6. The van der Waals surface area contributed by atoms with Crippen LogP contribution in [-0.4, -0.2) is 44.0 Å². The molecule has 0 radical (unpaired) electrons. The highest BCUT2D eigenvalue weighted by atomic mass is 16.6. The Balaban J connectivity index is 2.29. The number of ether oxygens (including phenoxy) is 1. The van der Waals surface area contributed by atoms with Crippen molar-refractivity contribution in [3.8, 4) is 0 Å². The Hall–Kier alpha value is -1.85. The summed E-state index contributed by atoms with van der Waals surface area (Å²) in [7, 11) is 0. The standard InChI is InChI=1S/C15H23N3O2/c1-3-18(15(11-16)13-20-17-2)9-10-19-12-14-7-5-4-6-8-14/h3-8,15H,1-2,9-13,16H2/t15-/m1/s1. The fourth-order valence-corrected chi connectivity index (χ4v) is 1.80. The Kier molecular flexibility index (Phi) is 8.10. The number of nitrogens with two attached hydrogens (primary N) is 1. The molecule has 1 aromatic carbocycles. The molecule has 0 bridgehead atoms. The number of rotatable bonds is 11. The van der Waals surface area contributed by atoms with Crippen LogP contribution in [0.1, 0.15) is 5.56 Å². The molecule has 0 fully saturated rings. The van der Waals surface area contributed by atoms with Crippen LogP contribution in [0.3, 0.4) is 0 Å². The van der Waals surface area contributed by atoms with Crippen molar-refractivity contribution in [2.45, 2.75) is 12.6 Å². The molecule has 2 N–H and O–H groups in total. The molecule has 0 spiro atoms. The highest BCUT2D eigenvalue weighted by Gasteiger charge is 2.13. The van der Waals surface area contributed by atoms with Crippen molar-refractivity contribution in [3.63, 3.8) is 0 Å². The quantitative estimate of drug-likeness (QED) is 0.379. The molecule has 20 heavy (non-hydrogen) atoms. The second kappa shape index (κ2) is 10.00. The highest BCUT2D eigenvalue weighted by molar-refractivity contribution is 5.21. The molecular weight excluding hydrogens is 254 g/mol. The van der Waals surface area contributed by atoms with Crippen molar-refractivity contribution in [2.75, 3.05) is 26.3 Å². The monoisotopic (exact) mass is 277 g/mol. The van der Waals surface area contributed by atoms with Crippen LogP contribution in [-0.2, 0) is 16.2 Å². The van der Waals surface area contributed by atoms with Crippen LogP contribution in [0.5, 0.6) is 0 Å². The minimum Gasteiger partial charge on any atom is -0.394 e. The molecule has 1 atom stereocenters. The number of benzene rings is 1. The highest BCUT2D eigenvalue weighted by Crippen LogP contribution is 2.03. The SMILES string of the molecule is C=CN(CCOCc1ccccc1)[C@H](CN)CON=C. The molecular formula is C15H23N3O2. The maximum Gasteiger partial charge on any atom is 0.138 e. The Morgan fingerprint density at radius 3 is 2.70 bits per heavy atom. The van der Waals surface area contributed by atoms with Crippen LogP contribution in [0.25, 0.3) is 0 Å². The van der Waals surface area contributed by atoms with E-state index in [4.69, 9.17) is 15.3 Å². The zero-order valence-corrected chi connectivity index (χ0v) is 11.8. The van der Waals surface area contributed by atoms with E-state index in [1.807, 2.05) is 35.2 Å². The number of oxime groups is 1. The normalized spacial score (nSPS) is 11.7. The summed E-state index contributed by atoms with van der Waals surface area (Å²) in [6.07, 6.45) is 1.75. The minimum absolute atomic E-state index is 0.0262. The lowest BCUT2D eigenvalue weighted by molar-refractivity contribution is 0.0605.